The maximum absolute atomic E-state index is 11.2. The van der Waals surface area contributed by atoms with Gasteiger partial charge in [-0.15, -0.1) is 0 Å². The number of carbonyl (C=O) groups excluding carboxylic acids is 1. The highest BCUT2D eigenvalue weighted by Gasteiger charge is 2.18. The highest BCUT2D eigenvalue weighted by atomic mass is 16.5. The van der Waals surface area contributed by atoms with E-state index in [9.17, 15) is 4.79 Å². The molecule has 0 aliphatic rings. The van der Waals surface area contributed by atoms with Gasteiger partial charge in [-0.05, 0) is 18.3 Å². The van der Waals surface area contributed by atoms with Crippen LogP contribution in [0.2, 0.25) is 0 Å². The van der Waals surface area contributed by atoms with Gasteiger partial charge in [0.25, 0.3) is 0 Å². The van der Waals surface area contributed by atoms with Crippen LogP contribution in [0.25, 0.3) is 0 Å². The van der Waals surface area contributed by atoms with Crippen LogP contribution in [-0.4, -0.2) is 18.6 Å². The van der Waals surface area contributed by atoms with Gasteiger partial charge in [-0.25, -0.2) is 0 Å². The molecule has 0 amide bonds. The number of hydrogen-bond acceptors (Lipinski definition) is 3. The van der Waals surface area contributed by atoms with Crippen molar-refractivity contribution < 1.29 is 9.53 Å². The summed E-state index contributed by atoms with van der Waals surface area (Å²) in [5, 5.41) is 0. The lowest BCUT2D eigenvalue weighted by molar-refractivity contribution is -0.147. The van der Waals surface area contributed by atoms with Crippen molar-refractivity contribution in [2.75, 3.05) is 6.61 Å². The molecule has 3 nitrogen and oxygen atoms in total. The number of nitrogens with two attached hydrogens (primary N) is 1. The van der Waals surface area contributed by atoms with Gasteiger partial charge < -0.3 is 10.5 Å². The molecular weight excluding hydrogens is 166 g/mol. The van der Waals surface area contributed by atoms with Crippen molar-refractivity contribution in [2.45, 2.75) is 33.7 Å². The Morgan fingerprint density at radius 2 is 2.00 bits per heavy atom. The van der Waals surface area contributed by atoms with Crippen LogP contribution in [0.5, 0.6) is 0 Å². The molecule has 0 aromatic heterocycles. The summed E-state index contributed by atoms with van der Waals surface area (Å²) in [6.45, 7) is 8.17. The van der Waals surface area contributed by atoms with Crippen molar-refractivity contribution in [1.29, 1.82) is 0 Å². The molecule has 2 unspecified atom stereocenters. The summed E-state index contributed by atoms with van der Waals surface area (Å²) in [7, 11) is 0. The smallest absolute Gasteiger partial charge is 0.323 e. The highest BCUT2D eigenvalue weighted by Crippen LogP contribution is 2.04. The zero-order valence-corrected chi connectivity index (χ0v) is 8.91. The monoisotopic (exact) mass is 186 g/mol. The van der Waals surface area contributed by atoms with E-state index in [0.717, 1.165) is 0 Å². The largest absolute Gasteiger partial charge is 0.464 e. The van der Waals surface area contributed by atoms with E-state index in [1.807, 2.05) is 34.1 Å². The van der Waals surface area contributed by atoms with Crippen molar-refractivity contribution in [3.05, 3.63) is 6.42 Å². The van der Waals surface area contributed by atoms with Gasteiger partial charge in [0.2, 0.25) is 0 Å². The predicted molar refractivity (Wildman–Crippen MR) is 52.9 cm³/mol. The molecule has 0 saturated carbocycles. The number of hydrogen-bond donors (Lipinski definition) is 1. The highest BCUT2D eigenvalue weighted by molar-refractivity contribution is 5.75. The SMILES string of the molecule is C[CH]C(C)COC(=O)C(N)C(C)C. The van der Waals surface area contributed by atoms with Crippen LogP contribution in [0.4, 0.5) is 0 Å². The van der Waals surface area contributed by atoms with Crippen molar-refractivity contribution in [1.82, 2.24) is 0 Å². The van der Waals surface area contributed by atoms with E-state index in [2.05, 4.69) is 0 Å². The van der Waals surface area contributed by atoms with Gasteiger partial charge in [-0.1, -0.05) is 27.7 Å². The van der Waals surface area contributed by atoms with Crippen molar-refractivity contribution in [3.8, 4) is 0 Å². The van der Waals surface area contributed by atoms with E-state index in [-0.39, 0.29) is 11.9 Å². The summed E-state index contributed by atoms with van der Waals surface area (Å²) in [6.07, 6.45) is 1.99. The second kappa shape index (κ2) is 5.97. The Hall–Kier alpha value is -0.570. The van der Waals surface area contributed by atoms with Gasteiger partial charge in [0.05, 0.1) is 6.61 Å². The minimum atomic E-state index is -0.496. The first kappa shape index (κ1) is 12.4. The first-order chi connectivity index (χ1) is 5.99. The lowest BCUT2D eigenvalue weighted by Crippen LogP contribution is -2.37. The third kappa shape index (κ3) is 4.88. The Balaban J connectivity index is 3.74. The van der Waals surface area contributed by atoms with Crippen LogP contribution in [0, 0.1) is 18.3 Å². The average Bonchev–Trinajstić information content (AvgIpc) is 2.11. The van der Waals surface area contributed by atoms with E-state index >= 15 is 0 Å². The van der Waals surface area contributed by atoms with Crippen LogP contribution in [0.1, 0.15) is 27.7 Å². The molecule has 0 saturated heterocycles. The van der Waals surface area contributed by atoms with Gasteiger partial charge in [-0.2, -0.15) is 0 Å². The summed E-state index contributed by atoms with van der Waals surface area (Å²) < 4.78 is 5.02. The van der Waals surface area contributed by atoms with Crippen molar-refractivity contribution in [2.24, 2.45) is 17.6 Å². The molecule has 13 heavy (non-hydrogen) atoms. The van der Waals surface area contributed by atoms with Gasteiger partial charge >= 0.3 is 5.97 Å². The van der Waals surface area contributed by atoms with E-state index in [1.165, 1.54) is 0 Å². The van der Waals surface area contributed by atoms with Crippen molar-refractivity contribution >= 4 is 5.97 Å². The average molecular weight is 186 g/mol. The molecule has 0 aromatic rings. The summed E-state index contributed by atoms with van der Waals surface area (Å²) in [5.74, 6) is 0.125. The maximum atomic E-state index is 11.2. The fourth-order valence-corrected chi connectivity index (χ4v) is 0.678. The van der Waals surface area contributed by atoms with E-state index in [1.54, 1.807) is 0 Å². The van der Waals surface area contributed by atoms with E-state index in [4.69, 9.17) is 10.5 Å². The summed E-state index contributed by atoms with van der Waals surface area (Å²) in [6, 6.07) is -0.496. The second-order valence-corrected chi connectivity index (χ2v) is 3.71. The summed E-state index contributed by atoms with van der Waals surface area (Å²) >= 11 is 0. The molecular formula is C10H20NO2. The Kier molecular flexibility index (Phi) is 5.71. The fourth-order valence-electron chi connectivity index (χ4n) is 0.678. The van der Waals surface area contributed by atoms with Crippen LogP contribution in [0.3, 0.4) is 0 Å². The van der Waals surface area contributed by atoms with Crippen LogP contribution in [0.15, 0.2) is 0 Å². The standard InChI is InChI=1S/C10H20NO2/c1-5-8(4)6-13-10(12)9(11)7(2)3/h5,7-9H,6,11H2,1-4H3. The summed E-state index contributed by atoms with van der Waals surface area (Å²) in [5.41, 5.74) is 5.60. The lowest BCUT2D eigenvalue weighted by Gasteiger charge is -2.16. The minimum Gasteiger partial charge on any atom is -0.464 e. The molecule has 0 aliphatic carbocycles. The van der Waals surface area contributed by atoms with Gasteiger partial charge in [0, 0.05) is 0 Å². The topological polar surface area (TPSA) is 52.3 Å². The lowest BCUT2D eigenvalue weighted by atomic mass is 10.1. The molecule has 2 N–H and O–H groups in total. The van der Waals surface area contributed by atoms with E-state index < -0.39 is 6.04 Å². The molecule has 1 radical (unpaired) electrons. The van der Waals surface area contributed by atoms with Crippen LogP contribution in [-0.2, 0) is 9.53 Å². The second-order valence-electron chi connectivity index (χ2n) is 3.71. The normalized spacial score (nSPS) is 15.5. The third-order valence-electron chi connectivity index (χ3n) is 2.05. The molecule has 3 heteroatoms. The van der Waals surface area contributed by atoms with Crippen LogP contribution >= 0.6 is 0 Å². The molecule has 0 fully saturated rings. The summed E-state index contributed by atoms with van der Waals surface area (Å²) in [4.78, 5) is 11.2. The minimum absolute atomic E-state index is 0.133. The number of ether oxygens (including phenoxy) is 1. The van der Waals surface area contributed by atoms with E-state index in [0.29, 0.717) is 12.5 Å². The fraction of sp³-hybridized carbons (Fsp3) is 0.800. The Labute approximate surface area is 80.6 Å². The van der Waals surface area contributed by atoms with Crippen molar-refractivity contribution in [3.63, 3.8) is 0 Å². The molecule has 0 heterocycles. The third-order valence-corrected chi connectivity index (χ3v) is 2.05. The Bertz CT molecular complexity index is 157. The Morgan fingerprint density at radius 3 is 2.38 bits per heavy atom. The van der Waals surface area contributed by atoms with Gasteiger partial charge in [0.15, 0.2) is 0 Å². The molecule has 0 spiro atoms. The molecule has 0 rings (SSSR count). The number of rotatable bonds is 5. The first-order valence-electron chi connectivity index (χ1n) is 4.70. The molecule has 2 atom stereocenters. The zero-order valence-electron chi connectivity index (χ0n) is 8.91. The number of carbonyl (C=O) groups is 1. The Morgan fingerprint density at radius 1 is 1.46 bits per heavy atom. The quantitative estimate of drug-likeness (QED) is 0.660. The number of esters is 1. The molecule has 0 aromatic carbocycles. The molecule has 77 valence electrons. The van der Waals surface area contributed by atoms with Gasteiger partial charge in [0.1, 0.15) is 6.04 Å². The molecule has 0 bridgehead atoms. The van der Waals surface area contributed by atoms with Gasteiger partial charge in [-0.3, -0.25) is 4.79 Å². The molecule has 0 aliphatic heterocycles. The first-order valence-corrected chi connectivity index (χ1v) is 4.70. The van der Waals surface area contributed by atoms with Crippen LogP contribution < -0.4 is 5.73 Å². The predicted octanol–water partition coefficient (Wildman–Crippen LogP) is 1.37. The maximum Gasteiger partial charge on any atom is 0.323 e. The zero-order chi connectivity index (χ0) is 10.4.